The molecule has 0 aliphatic rings. The topological polar surface area (TPSA) is 75.6 Å². The van der Waals surface area contributed by atoms with E-state index in [0.29, 0.717) is 25.3 Å². The fraction of sp³-hybridized carbons (Fsp3) is 0.429. The van der Waals surface area contributed by atoms with E-state index in [1.807, 2.05) is 0 Å². The number of carboxylic acids is 1. The molecule has 0 radical (unpaired) electrons. The van der Waals surface area contributed by atoms with Gasteiger partial charge in [-0.15, -0.1) is 0 Å². The van der Waals surface area contributed by atoms with Gasteiger partial charge in [0.15, 0.2) is 0 Å². The zero-order valence-corrected chi connectivity index (χ0v) is 11.0. The third kappa shape index (κ3) is 5.52. The number of hydrogen-bond donors (Lipinski definition) is 2. The summed E-state index contributed by atoms with van der Waals surface area (Å²) in [6.45, 7) is 3.66. The number of amides is 1. The molecule has 1 rings (SSSR count). The Morgan fingerprint density at radius 2 is 2.00 bits per heavy atom. The van der Waals surface area contributed by atoms with Gasteiger partial charge in [0.25, 0.3) is 5.91 Å². The van der Waals surface area contributed by atoms with Gasteiger partial charge in [-0.05, 0) is 24.6 Å². The van der Waals surface area contributed by atoms with Crippen LogP contribution in [0.2, 0.25) is 0 Å². The Hall–Kier alpha value is -1.88. The number of ether oxygens (including phenoxy) is 1. The van der Waals surface area contributed by atoms with Crippen LogP contribution < -0.4 is 5.32 Å². The minimum absolute atomic E-state index is 0.104. The first-order chi connectivity index (χ1) is 9.15. The molecule has 0 heterocycles. The average Bonchev–Trinajstić information content (AvgIpc) is 2.42. The first-order valence-corrected chi connectivity index (χ1v) is 6.34. The van der Waals surface area contributed by atoms with Crippen LogP contribution in [0.15, 0.2) is 24.3 Å². The number of carboxylic acid groups (broad SMARTS) is 1. The van der Waals surface area contributed by atoms with Gasteiger partial charge in [-0.2, -0.15) is 0 Å². The molecule has 0 unspecified atom stereocenters. The summed E-state index contributed by atoms with van der Waals surface area (Å²) in [5.74, 6) is -1.33. The Balaban J connectivity index is 2.37. The van der Waals surface area contributed by atoms with Crippen molar-refractivity contribution in [1.29, 1.82) is 0 Å². The van der Waals surface area contributed by atoms with Crippen molar-refractivity contribution in [2.24, 2.45) is 0 Å². The summed E-state index contributed by atoms with van der Waals surface area (Å²) >= 11 is 0. The molecule has 19 heavy (non-hydrogen) atoms. The highest BCUT2D eigenvalue weighted by Crippen LogP contribution is 2.05. The van der Waals surface area contributed by atoms with Gasteiger partial charge in [0, 0.05) is 18.7 Å². The minimum atomic E-state index is -1.04. The summed E-state index contributed by atoms with van der Waals surface area (Å²) in [6.07, 6.45) is 2.09. The lowest BCUT2D eigenvalue weighted by molar-refractivity contribution is 0.0697. The molecule has 0 saturated carbocycles. The minimum Gasteiger partial charge on any atom is -0.478 e. The second-order valence-electron chi connectivity index (χ2n) is 4.11. The van der Waals surface area contributed by atoms with Crippen LogP contribution >= 0.6 is 0 Å². The van der Waals surface area contributed by atoms with Gasteiger partial charge in [-0.1, -0.05) is 19.4 Å². The van der Waals surface area contributed by atoms with E-state index in [-0.39, 0.29) is 11.5 Å². The van der Waals surface area contributed by atoms with Crippen molar-refractivity contribution < 1.29 is 19.4 Å². The SMILES string of the molecule is CCCCOCCNC(=O)c1cccc(C(=O)O)c1. The van der Waals surface area contributed by atoms with E-state index in [9.17, 15) is 9.59 Å². The van der Waals surface area contributed by atoms with Crippen LogP contribution in [0, 0.1) is 0 Å². The molecular formula is C14H19NO4. The summed E-state index contributed by atoms with van der Waals surface area (Å²) in [5.41, 5.74) is 0.445. The highest BCUT2D eigenvalue weighted by molar-refractivity contribution is 5.97. The molecule has 5 nitrogen and oxygen atoms in total. The predicted octanol–water partition coefficient (Wildman–Crippen LogP) is 1.93. The normalized spacial score (nSPS) is 10.2. The number of aromatic carboxylic acids is 1. The van der Waals surface area contributed by atoms with Crippen molar-refractivity contribution in [2.45, 2.75) is 19.8 Å². The van der Waals surface area contributed by atoms with Gasteiger partial charge in [0.2, 0.25) is 0 Å². The van der Waals surface area contributed by atoms with Crippen molar-refractivity contribution in [2.75, 3.05) is 19.8 Å². The molecule has 0 aliphatic carbocycles. The van der Waals surface area contributed by atoms with Crippen LogP contribution in [0.4, 0.5) is 0 Å². The second-order valence-corrected chi connectivity index (χ2v) is 4.11. The van der Waals surface area contributed by atoms with Gasteiger partial charge in [-0.3, -0.25) is 4.79 Å². The van der Waals surface area contributed by atoms with Gasteiger partial charge in [-0.25, -0.2) is 4.79 Å². The summed E-state index contributed by atoms with van der Waals surface area (Å²) in [7, 11) is 0. The van der Waals surface area contributed by atoms with Crippen molar-refractivity contribution in [3.63, 3.8) is 0 Å². The molecule has 0 fully saturated rings. The van der Waals surface area contributed by atoms with Crippen molar-refractivity contribution in [1.82, 2.24) is 5.32 Å². The first kappa shape index (κ1) is 15.2. The number of carbonyl (C=O) groups is 2. The molecule has 2 N–H and O–H groups in total. The van der Waals surface area contributed by atoms with E-state index in [4.69, 9.17) is 9.84 Å². The molecule has 0 saturated heterocycles. The highest BCUT2D eigenvalue weighted by atomic mass is 16.5. The standard InChI is InChI=1S/C14H19NO4/c1-2-3-8-19-9-7-15-13(16)11-5-4-6-12(10-11)14(17)18/h4-6,10H,2-3,7-9H2,1H3,(H,15,16)(H,17,18). The molecule has 1 amide bonds. The van der Waals surface area contributed by atoms with Crippen molar-refractivity contribution in [3.05, 3.63) is 35.4 Å². The third-order valence-corrected chi connectivity index (χ3v) is 2.55. The van der Waals surface area contributed by atoms with Crippen molar-refractivity contribution >= 4 is 11.9 Å². The maximum absolute atomic E-state index is 11.7. The van der Waals surface area contributed by atoms with Crippen LogP contribution in [0.25, 0.3) is 0 Å². The van der Waals surface area contributed by atoms with Crippen molar-refractivity contribution in [3.8, 4) is 0 Å². The fourth-order valence-electron chi connectivity index (χ4n) is 1.48. The summed E-state index contributed by atoms with van der Waals surface area (Å²) in [5, 5.41) is 11.5. The summed E-state index contributed by atoms with van der Waals surface area (Å²) in [4.78, 5) is 22.5. The molecule has 0 aliphatic heterocycles. The zero-order valence-electron chi connectivity index (χ0n) is 11.0. The number of carbonyl (C=O) groups excluding carboxylic acids is 1. The van der Waals surface area contributed by atoms with E-state index in [1.165, 1.54) is 12.1 Å². The predicted molar refractivity (Wildman–Crippen MR) is 71.5 cm³/mol. The van der Waals surface area contributed by atoms with Crippen LogP contribution in [-0.2, 0) is 4.74 Å². The quantitative estimate of drug-likeness (QED) is 0.704. The van der Waals surface area contributed by atoms with E-state index < -0.39 is 5.97 Å². The fourth-order valence-corrected chi connectivity index (χ4v) is 1.48. The van der Waals surface area contributed by atoms with Gasteiger partial charge in [0.05, 0.1) is 12.2 Å². The molecule has 1 aromatic carbocycles. The highest BCUT2D eigenvalue weighted by Gasteiger charge is 2.08. The largest absolute Gasteiger partial charge is 0.478 e. The number of rotatable bonds is 8. The summed E-state index contributed by atoms with van der Waals surface area (Å²) < 4.78 is 5.31. The van der Waals surface area contributed by atoms with E-state index in [2.05, 4.69) is 12.2 Å². The molecule has 0 bridgehead atoms. The smallest absolute Gasteiger partial charge is 0.335 e. The molecule has 104 valence electrons. The number of benzene rings is 1. The number of hydrogen-bond acceptors (Lipinski definition) is 3. The second kappa shape index (κ2) is 8.26. The lowest BCUT2D eigenvalue weighted by atomic mass is 10.1. The van der Waals surface area contributed by atoms with Crippen LogP contribution in [-0.4, -0.2) is 36.7 Å². The average molecular weight is 265 g/mol. The van der Waals surface area contributed by atoms with Gasteiger partial charge >= 0.3 is 5.97 Å². The summed E-state index contributed by atoms with van der Waals surface area (Å²) in [6, 6.07) is 5.94. The van der Waals surface area contributed by atoms with Crippen LogP contribution in [0.3, 0.4) is 0 Å². The van der Waals surface area contributed by atoms with E-state index >= 15 is 0 Å². The Morgan fingerprint density at radius 1 is 1.26 bits per heavy atom. The monoisotopic (exact) mass is 265 g/mol. The van der Waals surface area contributed by atoms with E-state index in [0.717, 1.165) is 12.8 Å². The number of unbranched alkanes of at least 4 members (excludes halogenated alkanes) is 1. The molecule has 0 atom stereocenters. The maximum atomic E-state index is 11.7. The lowest BCUT2D eigenvalue weighted by Crippen LogP contribution is -2.27. The Bertz CT molecular complexity index is 431. The van der Waals surface area contributed by atoms with Gasteiger partial charge in [0.1, 0.15) is 0 Å². The Labute approximate surface area is 112 Å². The first-order valence-electron chi connectivity index (χ1n) is 6.34. The molecular weight excluding hydrogens is 246 g/mol. The Morgan fingerprint density at radius 3 is 2.68 bits per heavy atom. The maximum Gasteiger partial charge on any atom is 0.335 e. The molecule has 1 aromatic rings. The third-order valence-electron chi connectivity index (χ3n) is 2.55. The molecule has 0 spiro atoms. The molecule has 0 aromatic heterocycles. The van der Waals surface area contributed by atoms with Crippen LogP contribution in [0.5, 0.6) is 0 Å². The van der Waals surface area contributed by atoms with Crippen LogP contribution in [0.1, 0.15) is 40.5 Å². The Kier molecular flexibility index (Phi) is 6.60. The zero-order chi connectivity index (χ0) is 14.1. The van der Waals surface area contributed by atoms with Gasteiger partial charge < -0.3 is 15.2 Å². The number of nitrogens with one attached hydrogen (secondary N) is 1. The molecule has 5 heteroatoms. The van der Waals surface area contributed by atoms with E-state index in [1.54, 1.807) is 12.1 Å². The lowest BCUT2D eigenvalue weighted by Gasteiger charge is -2.06.